The molecule has 2 saturated heterocycles. The summed E-state index contributed by atoms with van der Waals surface area (Å²) >= 11 is 0. The molecule has 4 saturated carbocycles. The van der Waals surface area contributed by atoms with Crippen molar-refractivity contribution in [3.63, 3.8) is 0 Å². The quantitative estimate of drug-likeness (QED) is 0.373. The van der Waals surface area contributed by atoms with Crippen molar-refractivity contribution in [2.75, 3.05) is 6.61 Å². The zero-order valence-corrected chi connectivity index (χ0v) is 21.0. The van der Waals surface area contributed by atoms with Gasteiger partial charge in [0.25, 0.3) is 0 Å². The van der Waals surface area contributed by atoms with Gasteiger partial charge in [0.1, 0.15) is 0 Å². The Morgan fingerprint density at radius 3 is 2.23 bits per heavy atom. The highest BCUT2D eigenvalue weighted by Crippen LogP contribution is 2.69. The van der Waals surface area contributed by atoms with Crippen LogP contribution in [0.15, 0.2) is 0 Å². The van der Waals surface area contributed by atoms with E-state index in [4.69, 9.17) is 9.47 Å². The second-order valence-electron chi connectivity index (χ2n) is 13.9. The number of fused-ring (bicyclic) bond motifs is 7. The molecule has 6 fully saturated rings. The molecule has 1 spiro atoms. The van der Waals surface area contributed by atoms with Gasteiger partial charge in [-0.1, -0.05) is 41.0 Å². The standard InChI is InChI=1S/C29H48O2/c1-18-10-13-27(4)21(16-18)6-7-22-23-8-9-25-26(28(23,5)14-12-24(22)27)20(3)29(31-25)15-11-19(2)17-30-29/h18-26H,6-17H2,1-5H3/t18-,19-,20-,21+,22?,23?,24?,25?,26?,27-,28-,29+/m0/s1. The van der Waals surface area contributed by atoms with Crippen LogP contribution < -0.4 is 0 Å². The van der Waals surface area contributed by atoms with Gasteiger partial charge in [0, 0.05) is 12.3 Å². The minimum atomic E-state index is -0.264. The topological polar surface area (TPSA) is 18.5 Å². The van der Waals surface area contributed by atoms with Crippen LogP contribution in [-0.2, 0) is 9.47 Å². The lowest BCUT2D eigenvalue weighted by atomic mass is 9.40. The third-order valence-electron chi connectivity index (χ3n) is 12.5. The first-order chi connectivity index (χ1) is 14.8. The largest absolute Gasteiger partial charge is 0.349 e. The highest BCUT2D eigenvalue weighted by molar-refractivity contribution is 5.13. The fourth-order valence-electron chi connectivity index (χ4n) is 10.7. The summed E-state index contributed by atoms with van der Waals surface area (Å²) in [5.41, 5.74) is 1.10. The van der Waals surface area contributed by atoms with Crippen molar-refractivity contribution < 1.29 is 9.47 Å². The molecular formula is C29H48O2. The first-order valence-corrected chi connectivity index (χ1v) is 14.1. The van der Waals surface area contributed by atoms with Crippen LogP contribution in [0.5, 0.6) is 0 Å². The molecule has 0 aromatic rings. The van der Waals surface area contributed by atoms with Crippen LogP contribution >= 0.6 is 0 Å². The highest BCUT2D eigenvalue weighted by atomic mass is 16.7. The molecular weight excluding hydrogens is 380 g/mol. The lowest BCUT2D eigenvalue weighted by molar-refractivity contribution is -0.269. The molecule has 2 aliphatic heterocycles. The summed E-state index contributed by atoms with van der Waals surface area (Å²) in [4.78, 5) is 0. The van der Waals surface area contributed by atoms with E-state index in [2.05, 4.69) is 34.6 Å². The molecule has 0 radical (unpaired) electrons. The van der Waals surface area contributed by atoms with E-state index in [0.717, 1.165) is 42.6 Å². The predicted molar refractivity (Wildman–Crippen MR) is 125 cm³/mol. The van der Waals surface area contributed by atoms with Crippen molar-refractivity contribution >= 4 is 0 Å². The second kappa shape index (κ2) is 7.21. The van der Waals surface area contributed by atoms with Gasteiger partial charge in [-0.3, -0.25) is 0 Å². The Morgan fingerprint density at radius 1 is 0.710 bits per heavy atom. The zero-order chi connectivity index (χ0) is 21.6. The van der Waals surface area contributed by atoms with Gasteiger partial charge in [-0.05, 0) is 110 Å². The average Bonchev–Trinajstić information content (AvgIpc) is 3.03. The van der Waals surface area contributed by atoms with Gasteiger partial charge >= 0.3 is 0 Å². The van der Waals surface area contributed by atoms with E-state index < -0.39 is 0 Å². The highest BCUT2D eigenvalue weighted by Gasteiger charge is 2.66. The van der Waals surface area contributed by atoms with Crippen molar-refractivity contribution in [3.05, 3.63) is 0 Å². The molecule has 31 heavy (non-hydrogen) atoms. The van der Waals surface area contributed by atoms with Crippen LogP contribution in [0.1, 0.15) is 105 Å². The fourth-order valence-corrected chi connectivity index (χ4v) is 10.7. The van der Waals surface area contributed by atoms with Gasteiger partial charge in [-0.25, -0.2) is 0 Å². The molecule has 0 bridgehead atoms. The van der Waals surface area contributed by atoms with E-state index in [1.165, 1.54) is 64.2 Å². The van der Waals surface area contributed by atoms with Crippen LogP contribution in [0, 0.1) is 58.2 Å². The normalized spacial score (nSPS) is 61.3. The van der Waals surface area contributed by atoms with Crippen LogP contribution in [0.25, 0.3) is 0 Å². The Kier molecular flexibility index (Phi) is 4.99. The van der Waals surface area contributed by atoms with Crippen LogP contribution in [0.4, 0.5) is 0 Å². The maximum atomic E-state index is 6.90. The number of hydrogen-bond donors (Lipinski definition) is 0. The van der Waals surface area contributed by atoms with E-state index in [-0.39, 0.29) is 5.79 Å². The molecule has 0 amide bonds. The molecule has 2 heterocycles. The van der Waals surface area contributed by atoms with Crippen molar-refractivity contribution in [1.29, 1.82) is 0 Å². The first-order valence-electron chi connectivity index (χ1n) is 14.1. The number of ether oxygens (including phenoxy) is 2. The summed E-state index contributed by atoms with van der Waals surface area (Å²) in [5, 5.41) is 0. The minimum Gasteiger partial charge on any atom is -0.349 e. The molecule has 6 aliphatic rings. The van der Waals surface area contributed by atoms with E-state index in [0.29, 0.717) is 34.7 Å². The molecule has 0 aromatic heterocycles. The summed E-state index contributed by atoms with van der Waals surface area (Å²) in [7, 11) is 0. The summed E-state index contributed by atoms with van der Waals surface area (Å²) in [6.45, 7) is 13.7. The lowest BCUT2D eigenvalue weighted by Gasteiger charge is -2.64. The molecule has 2 nitrogen and oxygen atoms in total. The first kappa shape index (κ1) is 21.5. The Labute approximate surface area is 191 Å². The molecule has 12 atom stereocenters. The van der Waals surface area contributed by atoms with E-state index in [9.17, 15) is 0 Å². The van der Waals surface area contributed by atoms with Gasteiger partial charge < -0.3 is 9.47 Å². The van der Waals surface area contributed by atoms with Crippen molar-refractivity contribution in [2.24, 2.45) is 58.2 Å². The summed E-state index contributed by atoms with van der Waals surface area (Å²) in [6.07, 6.45) is 16.0. The smallest absolute Gasteiger partial charge is 0.171 e. The maximum Gasteiger partial charge on any atom is 0.171 e. The Balaban J connectivity index is 1.27. The summed E-state index contributed by atoms with van der Waals surface area (Å²) in [5.74, 6) is 6.55. The Morgan fingerprint density at radius 2 is 1.45 bits per heavy atom. The van der Waals surface area contributed by atoms with Gasteiger partial charge in [0.15, 0.2) is 5.79 Å². The van der Waals surface area contributed by atoms with Crippen molar-refractivity contribution in [2.45, 2.75) is 117 Å². The maximum absolute atomic E-state index is 6.90. The van der Waals surface area contributed by atoms with Gasteiger partial charge in [0.05, 0.1) is 12.7 Å². The van der Waals surface area contributed by atoms with Crippen LogP contribution in [0.2, 0.25) is 0 Å². The summed E-state index contributed by atoms with van der Waals surface area (Å²) < 4.78 is 13.4. The SMILES string of the molecule is C[C@H]1CC[C@@]2(OC1)OC1CCC3C4CC[C@@H]5C[C@@H](C)CC[C@]5(C)C4CC[C@]3(C)C1[C@@H]2C. The monoisotopic (exact) mass is 428 g/mol. The molecule has 0 aromatic carbocycles. The van der Waals surface area contributed by atoms with Crippen molar-refractivity contribution in [1.82, 2.24) is 0 Å². The van der Waals surface area contributed by atoms with Crippen molar-refractivity contribution in [3.8, 4) is 0 Å². The summed E-state index contributed by atoms with van der Waals surface area (Å²) in [6, 6.07) is 0. The van der Waals surface area contributed by atoms with Gasteiger partial charge in [0.2, 0.25) is 0 Å². The molecule has 176 valence electrons. The van der Waals surface area contributed by atoms with E-state index in [1.807, 2.05) is 0 Å². The lowest BCUT2D eigenvalue weighted by Crippen LogP contribution is -2.58. The minimum absolute atomic E-state index is 0.264. The molecule has 4 aliphatic carbocycles. The van der Waals surface area contributed by atoms with Crippen LogP contribution in [-0.4, -0.2) is 18.5 Å². The average molecular weight is 429 g/mol. The third kappa shape index (κ3) is 2.95. The number of hydrogen-bond acceptors (Lipinski definition) is 2. The number of rotatable bonds is 0. The Bertz CT molecular complexity index is 695. The van der Waals surface area contributed by atoms with Gasteiger partial charge in [-0.15, -0.1) is 0 Å². The van der Waals surface area contributed by atoms with Crippen LogP contribution in [0.3, 0.4) is 0 Å². The molecule has 5 unspecified atom stereocenters. The fraction of sp³-hybridized carbons (Fsp3) is 1.00. The van der Waals surface area contributed by atoms with Gasteiger partial charge in [-0.2, -0.15) is 0 Å². The molecule has 0 N–H and O–H groups in total. The van der Waals surface area contributed by atoms with E-state index in [1.54, 1.807) is 0 Å². The Hall–Kier alpha value is -0.0800. The zero-order valence-electron chi connectivity index (χ0n) is 21.0. The van der Waals surface area contributed by atoms with E-state index >= 15 is 0 Å². The molecule has 2 heteroatoms. The third-order valence-corrected chi connectivity index (χ3v) is 12.5. The molecule has 6 rings (SSSR count). The predicted octanol–water partition coefficient (Wildman–Crippen LogP) is 7.46. The second-order valence-corrected chi connectivity index (χ2v) is 13.9.